The lowest BCUT2D eigenvalue weighted by Crippen LogP contribution is -2.24. The summed E-state index contributed by atoms with van der Waals surface area (Å²) < 4.78 is 5.85. The van der Waals surface area contributed by atoms with Crippen LogP contribution in [0.4, 0.5) is 0 Å². The molecule has 0 spiro atoms. The Kier molecular flexibility index (Phi) is 7.43. The molecule has 0 atom stereocenters. The highest BCUT2D eigenvalue weighted by molar-refractivity contribution is 5.20. The second-order valence-corrected chi connectivity index (χ2v) is 5.73. The Morgan fingerprint density at radius 3 is 2.80 bits per heavy atom. The van der Waals surface area contributed by atoms with Crippen LogP contribution < -0.4 is 5.32 Å². The molecule has 1 aromatic heterocycles. The summed E-state index contributed by atoms with van der Waals surface area (Å²) in [5, 5.41) is 3.45. The molecule has 0 amide bonds. The molecular weight excluding hydrogens is 248 g/mol. The zero-order valence-corrected chi connectivity index (χ0v) is 13.3. The summed E-state index contributed by atoms with van der Waals surface area (Å²) in [6.07, 6.45) is 6.51. The maximum atomic E-state index is 5.85. The number of rotatable bonds is 9. The van der Waals surface area contributed by atoms with E-state index < -0.39 is 0 Å². The third-order valence-corrected chi connectivity index (χ3v) is 3.17. The first-order valence-electron chi connectivity index (χ1n) is 7.51. The van der Waals surface area contributed by atoms with E-state index >= 15 is 0 Å². The SMILES string of the molecule is C#CCN(CCC)Cc1cc(CNCC(C)C)c(C)o1. The Morgan fingerprint density at radius 2 is 2.20 bits per heavy atom. The molecule has 1 rings (SSSR count). The van der Waals surface area contributed by atoms with Crippen LogP contribution in [-0.2, 0) is 13.1 Å². The minimum Gasteiger partial charge on any atom is -0.465 e. The Hall–Kier alpha value is -1.24. The van der Waals surface area contributed by atoms with E-state index in [0.29, 0.717) is 12.5 Å². The van der Waals surface area contributed by atoms with E-state index in [9.17, 15) is 0 Å². The second kappa shape index (κ2) is 8.84. The highest BCUT2D eigenvalue weighted by Crippen LogP contribution is 2.16. The first kappa shape index (κ1) is 16.8. The van der Waals surface area contributed by atoms with Crippen molar-refractivity contribution >= 4 is 0 Å². The summed E-state index contributed by atoms with van der Waals surface area (Å²) in [6.45, 7) is 13.0. The number of nitrogens with one attached hydrogen (secondary N) is 1. The highest BCUT2D eigenvalue weighted by Gasteiger charge is 2.11. The quantitative estimate of drug-likeness (QED) is 0.702. The molecule has 1 aromatic rings. The van der Waals surface area contributed by atoms with E-state index in [-0.39, 0.29) is 0 Å². The fraction of sp³-hybridized carbons (Fsp3) is 0.647. The molecule has 3 heteroatoms. The maximum Gasteiger partial charge on any atom is 0.118 e. The lowest BCUT2D eigenvalue weighted by atomic mass is 10.2. The molecule has 0 aliphatic heterocycles. The zero-order valence-electron chi connectivity index (χ0n) is 13.3. The van der Waals surface area contributed by atoms with Crippen molar-refractivity contribution in [2.45, 2.75) is 47.2 Å². The highest BCUT2D eigenvalue weighted by atomic mass is 16.3. The molecule has 0 aromatic carbocycles. The third kappa shape index (κ3) is 5.81. The topological polar surface area (TPSA) is 28.4 Å². The first-order chi connectivity index (χ1) is 9.56. The summed E-state index contributed by atoms with van der Waals surface area (Å²) in [6, 6.07) is 2.15. The molecule has 1 heterocycles. The van der Waals surface area contributed by atoms with Gasteiger partial charge in [0.2, 0.25) is 0 Å². The van der Waals surface area contributed by atoms with Crippen molar-refractivity contribution in [1.29, 1.82) is 0 Å². The van der Waals surface area contributed by atoms with Crippen molar-refractivity contribution in [3.8, 4) is 12.3 Å². The van der Waals surface area contributed by atoms with E-state index in [1.807, 2.05) is 6.92 Å². The van der Waals surface area contributed by atoms with Gasteiger partial charge in [-0.15, -0.1) is 6.42 Å². The number of terminal acetylenes is 1. The van der Waals surface area contributed by atoms with Crippen LogP contribution in [0, 0.1) is 25.2 Å². The van der Waals surface area contributed by atoms with Crippen LogP contribution in [0.1, 0.15) is 44.3 Å². The minimum atomic E-state index is 0.664. The van der Waals surface area contributed by atoms with Crippen molar-refractivity contribution in [2.24, 2.45) is 5.92 Å². The van der Waals surface area contributed by atoms with Crippen molar-refractivity contribution in [2.75, 3.05) is 19.6 Å². The van der Waals surface area contributed by atoms with Crippen LogP contribution in [0.15, 0.2) is 10.5 Å². The molecule has 0 fully saturated rings. The van der Waals surface area contributed by atoms with Crippen molar-refractivity contribution in [3.63, 3.8) is 0 Å². The van der Waals surface area contributed by atoms with Gasteiger partial charge in [0.25, 0.3) is 0 Å². The van der Waals surface area contributed by atoms with Gasteiger partial charge in [-0.25, -0.2) is 0 Å². The molecule has 112 valence electrons. The van der Waals surface area contributed by atoms with Crippen LogP contribution >= 0.6 is 0 Å². The Labute approximate surface area is 123 Å². The van der Waals surface area contributed by atoms with Crippen molar-refractivity contribution < 1.29 is 4.42 Å². The maximum absolute atomic E-state index is 5.85. The van der Waals surface area contributed by atoms with E-state index in [4.69, 9.17) is 10.8 Å². The number of hydrogen-bond donors (Lipinski definition) is 1. The lowest BCUT2D eigenvalue weighted by Gasteiger charge is -2.16. The second-order valence-electron chi connectivity index (χ2n) is 5.73. The van der Waals surface area contributed by atoms with Crippen molar-refractivity contribution in [3.05, 3.63) is 23.2 Å². The number of aryl methyl sites for hydroxylation is 1. The molecule has 0 aliphatic rings. The van der Waals surface area contributed by atoms with Gasteiger partial charge in [0.15, 0.2) is 0 Å². The number of hydrogen-bond acceptors (Lipinski definition) is 3. The molecule has 20 heavy (non-hydrogen) atoms. The van der Waals surface area contributed by atoms with Gasteiger partial charge >= 0.3 is 0 Å². The minimum absolute atomic E-state index is 0.664. The predicted molar refractivity (Wildman–Crippen MR) is 84.4 cm³/mol. The molecular formula is C17H28N2O. The van der Waals surface area contributed by atoms with Gasteiger partial charge in [0.05, 0.1) is 13.1 Å². The van der Waals surface area contributed by atoms with E-state index in [2.05, 4.69) is 43.0 Å². The first-order valence-corrected chi connectivity index (χ1v) is 7.51. The predicted octanol–water partition coefficient (Wildman–Crippen LogP) is 3.18. The summed E-state index contributed by atoms with van der Waals surface area (Å²) in [5.41, 5.74) is 1.25. The Morgan fingerprint density at radius 1 is 1.45 bits per heavy atom. The molecule has 0 saturated carbocycles. The van der Waals surface area contributed by atoms with Gasteiger partial charge < -0.3 is 9.73 Å². The molecule has 1 N–H and O–H groups in total. The third-order valence-electron chi connectivity index (χ3n) is 3.17. The number of furan rings is 1. The van der Waals surface area contributed by atoms with E-state index in [1.165, 1.54) is 5.56 Å². The van der Waals surface area contributed by atoms with Crippen LogP contribution in [-0.4, -0.2) is 24.5 Å². The summed E-state index contributed by atoms with van der Waals surface area (Å²) >= 11 is 0. The fourth-order valence-electron chi connectivity index (χ4n) is 2.22. The molecule has 0 aliphatic carbocycles. The summed E-state index contributed by atoms with van der Waals surface area (Å²) in [7, 11) is 0. The Balaban J connectivity index is 2.57. The van der Waals surface area contributed by atoms with Gasteiger partial charge in [-0.3, -0.25) is 4.90 Å². The average molecular weight is 276 g/mol. The zero-order chi connectivity index (χ0) is 15.0. The Bertz CT molecular complexity index is 429. The number of nitrogens with zero attached hydrogens (tertiary/aromatic N) is 1. The van der Waals surface area contributed by atoms with Gasteiger partial charge in [-0.1, -0.05) is 26.7 Å². The molecule has 0 radical (unpaired) electrons. The molecule has 0 bridgehead atoms. The van der Waals surface area contributed by atoms with Crippen LogP contribution in [0.3, 0.4) is 0 Å². The standard InChI is InChI=1S/C17H28N2O/c1-6-8-19(9-7-2)13-17-10-16(15(5)20-17)12-18-11-14(3)4/h1,10,14,18H,7-9,11-13H2,2-5H3. The average Bonchev–Trinajstić information content (AvgIpc) is 2.70. The van der Waals surface area contributed by atoms with Gasteiger partial charge in [-0.2, -0.15) is 0 Å². The monoisotopic (exact) mass is 276 g/mol. The van der Waals surface area contributed by atoms with E-state index in [1.54, 1.807) is 0 Å². The van der Waals surface area contributed by atoms with Crippen LogP contribution in [0.5, 0.6) is 0 Å². The summed E-state index contributed by atoms with van der Waals surface area (Å²) in [5.74, 6) is 5.39. The van der Waals surface area contributed by atoms with Crippen molar-refractivity contribution in [1.82, 2.24) is 10.2 Å². The lowest BCUT2D eigenvalue weighted by molar-refractivity contribution is 0.270. The molecule has 3 nitrogen and oxygen atoms in total. The van der Waals surface area contributed by atoms with Gasteiger partial charge in [0, 0.05) is 12.1 Å². The molecule has 0 unspecified atom stereocenters. The van der Waals surface area contributed by atoms with E-state index in [0.717, 1.165) is 44.1 Å². The largest absolute Gasteiger partial charge is 0.465 e. The van der Waals surface area contributed by atoms with Gasteiger partial charge in [-0.05, 0) is 38.4 Å². The van der Waals surface area contributed by atoms with Gasteiger partial charge in [0.1, 0.15) is 11.5 Å². The van der Waals surface area contributed by atoms with Crippen LogP contribution in [0.25, 0.3) is 0 Å². The van der Waals surface area contributed by atoms with Crippen LogP contribution in [0.2, 0.25) is 0 Å². The fourth-order valence-corrected chi connectivity index (χ4v) is 2.22. The molecule has 0 saturated heterocycles. The normalized spacial score (nSPS) is 11.2. The smallest absolute Gasteiger partial charge is 0.118 e. The summed E-state index contributed by atoms with van der Waals surface area (Å²) in [4.78, 5) is 2.24.